The summed E-state index contributed by atoms with van der Waals surface area (Å²) in [6, 6.07) is 76.4. The van der Waals surface area contributed by atoms with Crippen LogP contribution in [0.15, 0.2) is 218 Å². The van der Waals surface area contributed by atoms with Crippen LogP contribution in [0.2, 0.25) is 0 Å². The zero-order chi connectivity index (χ0) is 51.8. The molecule has 0 saturated carbocycles. The Kier molecular flexibility index (Phi) is 10.7. The summed E-state index contributed by atoms with van der Waals surface area (Å²) >= 11 is 0. The molecule has 13 aromatic rings. The first-order valence-electron chi connectivity index (χ1n) is 26.7. The molecule has 370 valence electrons. The molecule has 0 spiro atoms. The Morgan fingerprint density at radius 2 is 0.590 bits per heavy atom. The molecule has 10 heteroatoms. The summed E-state index contributed by atoms with van der Waals surface area (Å²) in [5.74, 6) is 5.74. The van der Waals surface area contributed by atoms with E-state index in [9.17, 15) is 0 Å². The van der Waals surface area contributed by atoms with E-state index in [-0.39, 0.29) is 11.8 Å². The number of aryl methyl sites for hydroxylation is 2. The molecule has 2 unspecified atom stereocenters. The normalized spacial score (nSPS) is 14.1. The lowest BCUT2D eigenvalue weighted by Gasteiger charge is -2.42. The van der Waals surface area contributed by atoms with E-state index >= 15 is 0 Å². The van der Waals surface area contributed by atoms with Crippen LogP contribution in [-0.2, 0) is 12.8 Å². The fourth-order valence-corrected chi connectivity index (χ4v) is 11.9. The highest BCUT2D eigenvalue weighted by atomic mass is 15.1. The largest absolute Gasteiger partial charge is 0.296 e. The summed E-state index contributed by atoms with van der Waals surface area (Å²) in [6.45, 7) is 4.29. The van der Waals surface area contributed by atoms with Gasteiger partial charge in [-0.1, -0.05) is 147 Å². The number of imidazole rings is 2. The van der Waals surface area contributed by atoms with Gasteiger partial charge < -0.3 is 0 Å². The van der Waals surface area contributed by atoms with Gasteiger partial charge >= 0.3 is 0 Å². The van der Waals surface area contributed by atoms with Crippen LogP contribution in [-0.4, -0.2) is 49.0 Å². The zero-order valence-corrected chi connectivity index (χ0v) is 42.8. The van der Waals surface area contributed by atoms with E-state index < -0.39 is 0 Å². The van der Waals surface area contributed by atoms with E-state index in [0.717, 1.165) is 91.3 Å². The SMILES string of the molecule is CCc1nc2ccccc2n1-c1ccc(-c2nc(-c3ccccc3)nc(-c3ccc4c(c3)C3c5ccccc5C4c4cc(-c5nc(-c6ccccc6)nc(-c6ccc(-n7c(CC)nc8ccccc87)cc6)n5)ccc43)n2)cc1. The Hall–Kier alpha value is -10.1. The Labute approximate surface area is 450 Å². The molecule has 0 amide bonds. The van der Waals surface area contributed by atoms with Gasteiger partial charge in [0.15, 0.2) is 34.9 Å². The molecule has 0 radical (unpaired) electrons. The predicted molar refractivity (Wildman–Crippen MR) is 309 cm³/mol. The molecule has 2 bridgehead atoms. The predicted octanol–water partition coefficient (Wildman–Crippen LogP) is 14.8. The van der Waals surface area contributed by atoms with Gasteiger partial charge in [0.05, 0.1) is 22.1 Å². The molecule has 9 aromatic carbocycles. The quantitative estimate of drug-likeness (QED) is 0.133. The molecule has 16 rings (SSSR count). The van der Waals surface area contributed by atoms with Gasteiger partial charge in [0.1, 0.15) is 11.6 Å². The molecule has 0 fully saturated rings. The van der Waals surface area contributed by atoms with Crippen LogP contribution >= 0.6 is 0 Å². The summed E-state index contributed by atoms with van der Waals surface area (Å²) in [4.78, 5) is 41.0. The van der Waals surface area contributed by atoms with Crippen LogP contribution < -0.4 is 0 Å². The van der Waals surface area contributed by atoms with Gasteiger partial charge in [-0.15, -0.1) is 0 Å². The van der Waals surface area contributed by atoms with Crippen molar-refractivity contribution in [3.05, 3.63) is 263 Å². The summed E-state index contributed by atoms with van der Waals surface area (Å²) in [5.41, 5.74) is 19.5. The first kappa shape index (κ1) is 45.3. The van der Waals surface area contributed by atoms with E-state index in [1.54, 1.807) is 0 Å². The highest BCUT2D eigenvalue weighted by Crippen LogP contribution is 2.56. The molecule has 10 nitrogen and oxygen atoms in total. The second-order valence-electron chi connectivity index (χ2n) is 20.0. The van der Waals surface area contributed by atoms with Crippen molar-refractivity contribution in [2.24, 2.45) is 0 Å². The summed E-state index contributed by atoms with van der Waals surface area (Å²) in [5, 5.41) is 0. The lowest BCUT2D eigenvalue weighted by molar-refractivity contribution is 0.754. The molecule has 3 aliphatic carbocycles. The van der Waals surface area contributed by atoms with Crippen molar-refractivity contribution in [3.63, 3.8) is 0 Å². The summed E-state index contributed by atoms with van der Waals surface area (Å²) in [6.07, 6.45) is 1.63. The minimum Gasteiger partial charge on any atom is -0.296 e. The molecule has 78 heavy (non-hydrogen) atoms. The van der Waals surface area contributed by atoms with Gasteiger partial charge in [-0.25, -0.2) is 39.9 Å². The van der Waals surface area contributed by atoms with E-state index in [4.69, 9.17) is 39.9 Å². The van der Waals surface area contributed by atoms with Crippen molar-refractivity contribution in [2.45, 2.75) is 38.5 Å². The van der Waals surface area contributed by atoms with Crippen LogP contribution in [0.5, 0.6) is 0 Å². The number of rotatable bonds is 10. The van der Waals surface area contributed by atoms with Gasteiger partial charge in [0, 0.05) is 69.4 Å². The fourth-order valence-electron chi connectivity index (χ4n) is 11.9. The Morgan fingerprint density at radius 3 is 0.974 bits per heavy atom. The standard InChI is InChI=1S/C68H48N10/c1-3-59-69-55-23-13-15-25-57(55)77(59)47-33-27-43(28-34-47)65-71-63(41-17-7-5-8-18-41)73-67(75-65)45-31-37-51-53(39-45)61-49-21-11-12-22-50(49)62(51)54-40-46(32-38-52(54)61)68-74-64(42-19-9-6-10-20-42)72-66(76-68)44-29-35-48(36-30-44)78-58-26-16-14-24-56(58)70-60(78)4-2/h5-40,61-62H,3-4H2,1-2H3. The monoisotopic (exact) mass is 1000 g/mol. The maximum Gasteiger partial charge on any atom is 0.164 e. The van der Waals surface area contributed by atoms with Gasteiger partial charge in [-0.05, 0) is 118 Å². The highest BCUT2D eigenvalue weighted by molar-refractivity contribution is 5.81. The lowest BCUT2D eigenvalue weighted by Crippen LogP contribution is -2.27. The number of benzene rings is 9. The molecule has 0 N–H and O–H groups in total. The second kappa shape index (κ2) is 18.4. The second-order valence-corrected chi connectivity index (χ2v) is 20.0. The Bertz CT molecular complexity index is 4180. The maximum atomic E-state index is 5.25. The number of hydrogen-bond acceptors (Lipinski definition) is 8. The first-order valence-corrected chi connectivity index (χ1v) is 26.7. The Balaban J connectivity index is 0.810. The number of fused-ring (bicyclic) bond motifs is 2. The third-order valence-electron chi connectivity index (χ3n) is 15.5. The van der Waals surface area contributed by atoms with E-state index in [2.05, 4.69) is 193 Å². The summed E-state index contributed by atoms with van der Waals surface area (Å²) < 4.78 is 4.48. The zero-order valence-electron chi connectivity index (χ0n) is 42.8. The van der Waals surface area contributed by atoms with Gasteiger partial charge in [-0.3, -0.25) is 9.13 Å². The van der Waals surface area contributed by atoms with E-state index in [1.807, 2.05) is 48.5 Å². The minimum absolute atomic E-state index is 0.00642. The van der Waals surface area contributed by atoms with Gasteiger partial charge in [0.2, 0.25) is 0 Å². The van der Waals surface area contributed by atoms with Crippen LogP contribution in [0.1, 0.15) is 70.7 Å². The van der Waals surface area contributed by atoms with Crippen molar-refractivity contribution in [2.75, 3.05) is 0 Å². The van der Waals surface area contributed by atoms with Crippen LogP contribution in [0.3, 0.4) is 0 Å². The lowest BCUT2D eigenvalue weighted by atomic mass is 9.61. The average Bonchev–Trinajstić information content (AvgIpc) is 4.20. The number of para-hydroxylation sites is 4. The molecular formula is C68H48N10. The molecule has 0 saturated heterocycles. The van der Waals surface area contributed by atoms with Crippen LogP contribution in [0, 0.1) is 0 Å². The molecule has 2 atom stereocenters. The van der Waals surface area contributed by atoms with Crippen molar-refractivity contribution in [1.29, 1.82) is 0 Å². The Morgan fingerprint density at radius 1 is 0.282 bits per heavy atom. The van der Waals surface area contributed by atoms with Crippen molar-refractivity contribution >= 4 is 22.1 Å². The van der Waals surface area contributed by atoms with Crippen LogP contribution in [0.25, 0.3) is 102 Å². The summed E-state index contributed by atoms with van der Waals surface area (Å²) in [7, 11) is 0. The third-order valence-corrected chi connectivity index (χ3v) is 15.5. The highest BCUT2D eigenvalue weighted by Gasteiger charge is 2.41. The molecular weight excluding hydrogens is 957 g/mol. The minimum atomic E-state index is -0.00642. The third kappa shape index (κ3) is 7.47. The molecule has 0 aliphatic heterocycles. The van der Waals surface area contributed by atoms with Crippen molar-refractivity contribution in [3.8, 4) is 79.7 Å². The van der Waals surface area contributed by atoms with Crippen molar-refractivity contribution < 1.29 is 0 Å². The van der Waals surface area contributed by atoms with Crippen LogP contribution in [0.4, 0.5) is 0 Å². The van der Waals surface area contributed by atoms with E-state index in [1.165, 1.54) is 33.4 Å². The number of hydrogen-bond donors (Lipinski definition) is 0. The van der Waals surface area contributed by atoms with Gasteiger partial charge in [-0.2, -0.15) is 0 Å². The van der Waals surface area contributed by atoms with Gasteiger partial charge in [0.25, 0.3) is 0 Å². The topological polar surface area (TPSA) is 113 Å². The molecule has 4 heterocycles. The number of nitrogens with zero attached hydrogens (tertiary/aromatic N) is 10. The molecule has 4 aromatic heterocycles. The molecule has 3 aliphatic rings. The van der Waals surface area contributed by atoms with Crippen molar-refractivity contribution in [1.82, 2.24) is 49.0 Å². The number of aromatic nitrogens is 10. The first-order chi connectivity index (χ1) is 38.5. The fraction of sp³-hybridized carbons (Fsp3) is 0.0882. The average molecular weight is 1010 g/mol. The maximum absolute atomic E-state index is 5.25. The van der Waals surface area contributed by atoms with E-state index in [0.29, 0.717) is 34.9 Å². The smallest absolute Gasteiger partial charge is 0.164 e.